The van der Waals surface area contributed by atoms with Crippen LogP contribution < -0.4 is 10.6 Å². The highest BCUT2D eigenvalue weighted by molar-refractivity contribution is 5.74. The number of hydrogen-bond donors (Lipinski definition) is 3. The van der Waals surface area contributed by atoms with Gasteiger partial charge in [-0.15, -0.1) is 0 Å². The average molecular weight is 343 g/mol. The van der Waals surface area contributed by atoms with Gasteiger partial charge in [-0.25, -0.2) is 4.79 Å². The maximum absolute atomic E-state index is 12.1. The molecule has 136 valence electrons. The van der Waals surface area contributed by atoms with Crippen LogP contribution in [0.5, 0.6) is 0 Å². The molecule has 2 aliphatic rings. The molecule has 1 aliphatic heterocycles. The van der Waals surface area contributed by atoms with Gasteiger partial charge in [-0.1, -0.05) is 42.5 Å². The van der Waals surface area contributed by atoms with Crippen molar-refractivity contribution in [1.29, 1.82) is 0 Å². The number of hydrogen-bond acceptors (Lipinski definition) is 3. The third-order valence-corrected chi connectivity index (χ3v) is 5.31. The molecule has 0 bridgehead atoms. The molecule has 0 spiro atoms. The summed E-state index contributed by atoms with van der Waals surface area (Å²) in [5, 5.41) is 16.8. The molecule has 3 rings (SSSR count). The first-order valence-corrected chi connectivity index (χ1v) is 9.35. The highest BCUT2D eigenvalue weighted by Gasteiger charge is 2.35. The van der Waals surface area contributed by atoms with E-state index in [0.717, 1.165) is 44.5 Å². The van der Waals surface area contributed by atoms with Gasteiger partial charge >= 0.3 is 6.03 Å². The Morgan fingerprint density at radius 3 is 2.64 bits per heavy atom. The number of amides is 2. The fourth-order valence-electron chi connectivity index (χ4n) is 3.73. The van der Waals surface area contributed by atoms with Crippen molar-refractivity contribution in [3.63, 3.8) is 0 Å². The van der Waals surface area contributed by atoms with Crippen LogP contribution in [0.25, 0.3) is 0 Å². The molecule has 1 aliphatic carbocycles. The minimum Gasteiger partial charge on any atom is -0.385 e. The van der Waals surface area contributed by atoms with Gasteiger partial charge in [0.2, 0.25) is 0 Å². The number of carbonyl (C=O) groups is 1. The van der Waals surface area contributed by atoms with E-state index < -0.39 is 5.60 Å². The van der Waals surface area contributed by atoms with Gasteiger partial charge < -0.3 is 15.7 Å². The van der Waals surface area contributed by atoms with E-state index in [-0.39, 0.29) is 12.1 Å². The Kier molecular flexibility index (Phi) is 6.10. The normalized spacial score (nSPS) is 27.0. The van der Waals surface area contributed by atoms with Crippen LogP contribution in [0.1, 0.15) is 37.7 Å². The Morgan fingerprint density at radius 2 is 1.96 bits per heavy atom. The fraction of sp³-hybridized carbons (Fsp3) is 0.550. The minimum absolute atomic E-state index is 0.0947. The van der Waals surface area contributed by atoms with Crippen molar-refractivity contribution < 1.29 is 9.90 Å². The van der Waals surface area contributed by atoms with Crippen LogP contribution in [-0.4, -0.2) is 48.3 Å². The average Bonchev–Trinajstić information content (AvgIpc) is 2.65. The second-order valence-corrected chi connectivity index (χ2v) is 7.13. The number of carbonyl (C=O) groups excluding carboxylic acids is 1. The number of rotatable bonds is 5. The van der Waals surface area contributed by atoms with Gasteiger partial charge in [-0.05, 0) is 37.7 Å². The van der Waals surface area contributed by atoms with Gasteiger partial charge in [-0.3, -0.25) is 4.90 Å². The summed E-state index contributed by atoms with van der Waals surface area (Å²) in [5.74, 6) is 0. The number of nitrogens with zero attached hydrogens (tertiary/aromatic N) is 1. The van der Waals surface area contributed by atoms with Gasteiger partial charge in [0.05, 0.1) is 5.60 Å². The van der Waals surface area contributed by atoms with Crippen LogP contribution in [0.15, 0.2) is 42.5 Å². The third-order valence-electron chi connectivity index (χ3n) is 5.31. The second kappa shape index (κ2) is 8.50. The zero-order chi connectivity index (χ0) is 17.5. The highest BCUT2D eigenvalue weighted by atomic mass is 16.3. The monoisotopic (exact) mass is 343 g/mol. The molecule has 1 heterocycles. The first kappa shape index (κ1) is 18.0. The lowest BCUT2D eigenvalue weighted by Crippen LogP contribution is -2.47. The van der Waals surface area contributed by atoms with Gasteiger partial charge in [0.15, 0.2) is 0 Å². The summed E-state index contributed by atoms with van der Waals surface area (Å²) in [4.78, 5) is 14.4. The van der Waals surface area contributed by atoms with Gasteiger partial charge in [0.1, 0.15) is 0 Å². The van der Waals surface area contributed by atoms with E-state index in [1.54, 1.807) is 0 Å². The van der Waals surface area contributed by atoms with Crippen LogP contribution in [0.2, 0.25) is 0 Å². The summed E-state index contributed by atoms with van der Waals surface area (Å²) in [6.45, 7) is 3.60. The molecule has 3 N–H and O–H groups in total. The predicted octanol–water partition coefficient (Wildman–Crippen LogP) is 2.38. The van der Waals surface area contributed by atoms with Crippen LogP contribution in [-0.2, 0) is 5.60 Å². The molecule has 1 aromatic carbocycles. The largest absolute Gasteiger partial charge is 0.385 e. The topological polar surface area (TPSA) is 64.6 Å². The molecule has 5 nitrogen and oxygen atoms in total. The van der Waals surface area contributed by atoms with Crippen molar-refractivity contribution in [3.8, 4) is 0 Å². The van der Waals surface area contributed by atoms with E-state index in [2.05, 4.69) is 27.7 Å². The van der Waals surface area contributed by atoms with E-state index in [1.807, 2.05) is 30.3 Å². The maximum Gasteiger partial charge on any atom is 0.315 e. The Bertz CT molecular complexity index is 580. The lowest BCUT2D eigenvalue weighted by Gasteiger charge is -2.36. The highest BCUT2D eigenvalue weighted by Crippen LogP contribution is 2.36. The van der Waals surface area contributed by atoms with Gasteiger partial charge in [0, 0.05) is 32.2 Å². The van der Waals surface area contributed by atoms with Crippen molar-refractivity contribution in [2.24, 2.45) is 0 Å². The lowest BCUT2D eigenvalue weighted by atomic mass is 9.78. The summed E-state index contributed by atoms with van der Waals surface area (Å²) in [7, 11) is 0. The molecular formula is C20H29N3O2. The molecule has 0 aromatic heterocycles. The molecule has 1 aromatic rings. The van der Waals surface area contributed by atoms with Crippen LogP contribution in [0.3, 0.4) is 0 Å². The number of benzene rings is 1. The second-order valence-electron chi connectivity index (χ2n) is 7.13. The first-order chi connectivity index (χ1) is 12.2. The summed E-state index contributed by atoms with van der Waals surface area (Å²) in [5.41, 5.74) is 0.228. The van der Waals surface area contributed by atoms with E-state index >= 15 is 0 Å². The third kappa shape index (κ3) is 5.06. The number of urea groups is 1. The van der Waals surface area contributed by atoms with E-state index in [4.69, 9.17) is 0 Å². The molecule has 0 unspecified atom stereocenters. The first-order valence-electron chi connectivity index (χ1n) is 9.35. The number of nitrogens with one attached hydrogen (secondary N) is 2. The standard InChI is InChI=1S/C20H29N3O2/c24-19(21-13-16-23-14-5-2-6-15-23)22-18-9-11-20(25,12-10-18)17-7-3-1-4-8-17/h1-5,7-8,18,25H,6,9-16H2,(H2,21,22,24). The van der Waals surface area contributed by atoms with Crippen LogP contribution in [0.4, 0.5) is 4.79 Å². The van der Waals surface area contributed by atoms with Gasteiger partial charge in [0.25, 0.3) is 0 Å². The molecule has 1 saturated carbocycles. The summed E-state index contributed by atoms with van der Waals surface area (Å²) < 4.78 is 0. The molecule has 5 heteroatoms. The predicted molar refractivity (Wildman–Crippen MR) is 99.3 cm³/mol. The Labute approximate surface area is 150 Å². The van der Waals surface area contributed by atoms with Crippen molar-refractivity contribution in [3.05, 3.63) is 48.0 Å². The van der Waals surface area contributed by atoms with Crippen molar-refractivity contribution in [2.45, 2.75) is 43.7 Å². The fourth-order valence-corrected chi connectivity index (χ4v) is 3.73. The van der Waals surface area contributed by atoms with Crippen LogP contribution in [0, 0.1) is 0 Å². The minimum atomic E-state index is -0.752. The van der Waals surface area contributed by atoms with Crippen molar-refractivity contribution in [2.75, 3.05) is 26.2 Å². The van der Waals surface area contributed by atoms with Crippen molar-refractivity contribution in [1.82, 2.24) is 15.5 Å². The maximum atomic E-state index is 12.1. The molecule has 1 fully saturated rings. The molecule has 25 heavy (non-hydrogen) atoms. The summed E-state index contributed by atoms with van der Waals surface area (Å²) in [6, 6.07) is 9.90. The summed E-state index contributed by atoms with van der Waals surface area (Å²) in [6.07, 6.45) is 8.45. The molecule has 0 atom stereocenters. The lowest BCUT2D eigenvalue weighted by molar-refractivity contribution is -0.00732. The molecule has 0 saturated heterocycles. The smallest absolute Gasteiger partial charge is 0.315 e. The van der Waals surface area contributed by atoms with Gasteiger partial charge in [-0.2, -0.15) is 0 Å². The van der Waals surface area contributed by atoms with E-state index in [1.165, 1.54) is 0 Å². The van der Waals surface area contributed by atoms with E-state index in [9.17, 15) is 9.90 Å². The molecule has 0 radical (unpaired) electrons. The summed E-state index contributed by atoms with van der Waals surface area (Å²) >= 11 is 0. The van der Waals surface area contributed by atoms with Crippen LogP contribution >= 0.6 is 0 Å². The van der Waals surface area contributed by atoms with Crippen molar-refractivity contribution >= 4 is 6.03 Å². The Balaban J connectivity index is 1.37. The molecule has 2 amide bonds. The SMILES string of the molecule is O=C(NCCN1CC=CCC1)NC1CCC(O)(c2ccccc2)CC1. The zero-order valence-corrected chi connectivity index (χ0v) is 14.8. The quantitative estimate of drug-likeness (QED) is 0.719. The zero-order valence-electron chi connectivity index (χ0n) is 14.8. The number of aliphatic hydroxyl groups is 1. The molecular weight excluding hydrogens is 314 g/mol. The van der Waals surface area contributed by atoms with E-state index in [0.29, 0.717) is 19.4 Å². The Morgan fingerprint density at radius 1 is 1.20 bits per heavy atom. The Hall–Kier alpha value is -1.85.